The van der Waals surface area contributed by atoms with Crippen molar-refractivity contribution in [2.75, 3.05) is 10.6 Å². The Morgan fingerprint density at radius 3 is 2.29 bits per heavy atom. The van der Waals surface area contributed by atoms with Crippen molar-refractivity contribution in [1.82, 2.24) is 0 Å². The van der Waals surface area contributed by atoms with E-state index in [0.29, 0.717) is 6.42 Å². The van der Waals surface area contributed by atoms with Crippen LogP contribution in [0.3, 0.4) is 0 Å². The number of anilines is 2. The van der Waals surface area contributed by atoms with Crippen molar-refractivity contribution >= 4 is 49.1 Å². The van der Waals surface area contributed by atoms with Crippen LogP contribution in [0, 0.1) is 0 Å². The summed E-state index contributed by atoms with van der Waals surface area (Å²) in [5.41, 5.74) is 3.02. The van der Waals surface area contributed by atoms with Gasteiger partial charge in [-0.15, -0.1) is 0 Å². The molecule has 0 spiro atoms. The maximum absolute atomic E-state index is 11.3. The van der Waals surface area contributed by atoms with E-state index in [1.165, 1.54) is 5.56 Å². The van der Waals surface area contributed by atoms with Crippen molar-refractivity contribution in [3.8, 4) is 0 Å². The molecule has 0 atom stereocenters. The average molecular weight is 412 g/mol. The molecule has 0 aliphatic carbocycles. The Bertz CT molecular complexity index is 627. The third-order valence-electron chi connectivity index (χ3n) is 2.97. The fourth-order valence-electron chi connectivity index (χ4n) is 1.77. The Hall–Kier alpha value is -1.33. The second-order valence-electron chi connectivity index (χ2n) is 4.58. The van der Waals surface area contributed by atoms with Crippen molar-refractivity contribution in [3.05, 3.63) is 57.0 Å². The Labute approximate surface area is 141 Å². The van der Waals surface area contributed by atoms with E-state index in [4.69, 9.17) is 0 Å². The molecule has 0 unspecified atom stereocenters. The average Bonchev–Trinajstić information content (AvgIpc) is 2.50. The van der Waals surface area contributed by atoms with Gasteiger partial charge in [0.15, 0.2) is 0 Å². The number of carbonyl (C=O) groups is 1. The lowest BCUT2D eigenvalue weighted by Crippen LogP contribution is -2.09. The lowest BCUT2D eigenvalue weighted by Gasteiger charge is -2.09. The summed E-state index contributed by atoms with van der Waals surface area (Å²) >= 11 is 6.95. The van der Waals surface area contributed by atoms with E-state index < -0.39 is 0 Å². The molecular formula is C16H16Br2N2O. The highest BCUT2D eigenvalue weighted by Crippen LogP contribution is 2.24. The molecule has 2 aromatic rings. The van der Waals surface area contributed by atoms with E-state index in [9.17, 15) is 4.79 Å². The van der Waals surface area contributed by atoms with Crippen LogP contribution in [0.4, 0.5) is 11.4 Å². The first-order valence-corrected chi connectivity index (χ1v) is 8.25. The van der Waals surface area contributed by atoms with Crippen LogP contribution < -0.4 is 10.6 Å². The van der Waals surface area contributed by atoms with Gasteiger partial charge in [-0.05, 0) is 73.8 Å². The topological polar surface area (TPSA) is 41.1 Å². The second kappa shape index (κ2) is 7.61. The monoisotopic (exact) mass is 410 g/mol. The van der Waals surface area contributed by atoms with Gasteiger partial charge >= 0.3 is 0 Å². The molecule has 0 aliphatic heterocycles. The first-order chi connectivity index (χ1) is 10.1. The maximum atomic E-state index is 11.3. The zero-order chi connectivity index (χ0) is 15.2. The highest BCUT2D eigenvalue weighted by Gasteiger charge is 2.01. The summed E-state index contributed by atoms with van der Waals surface area (Å²) in [7, 11) is 0. The standard InChI is InChI=1S/C16H16Br2N2O/c1-2-16(21)20-13-6-4-12(5-7-13)19-10-11-3-8-14(17)15(18)9-11/h3-9,19H,2,10H2,1H3,(H,20,21). The van der Waals surface area contributed by atoms with Gasteiger partial charge in [0.2, 0.25) is 5.91 Å². The van der Waals surface area contributed by atoms with Gasteiger partial charge in [0, 0.05) is 33.3 Å². The molecule has 0 aromatic heterocycles. The number of hydrogen-bond acceptors (Lipinski definition) is 2. The quantitative estimate of drug-likeness (QED) is 0.712. The van der Waals surface area contributed by atoms with E-state index in [2.05, 4.69) is 54.6 Å². The van der Waals surface area contributed by atoms with E-state index >= 15 is 0 Å². The molecule has 110 valence electrons. The summed E-state index contributed by atoms with van der Waals surface area (Å²) < 4.78 is 2.08. The van der Waals surface area contributed by atoms with Gasteiger partial charge in [0.1, 0.15) is 0 Å². The molecular weight excluding hydrogens is 396 g/mol. The predicted octanol–water partition coefficient (Wildman–Crippen LogP) is 5.17. The molecule has 0 radical (unpaired) electrons. The highest BCUT2D eigenvalue weighted by molar-refractivity contribution is 9.13. The third-order valence-corrected chi connectivity index (χ3v) is 4.85. The largest absolute Gasteiger partial charge is 0.381 e. The molecule has 2 N–H and O–H groups in total. The van der Waals surface area contributed by atoms with Crippen LogP contribution in [0.2, 0.25) is 0 Å². The molecule has 5 heteroatoms. The molecule has 1 amide bonds. The molecule has 3 nitrogen and oxygen atoms in total. The molecule has 0 bridgehead atoms. The van der Waals surface area contributed by atoms with Gasteiger partial charge < -0.3 is 10.6 Å². The van der Waals surface area contributed by atoms with Crippen LogP contribution in [0.15, 0.2) is 51.4 Å². The molecule has 0 heterocycles. The Balaban J connectivity index is 1.94. The molecule has 0 saturated carbocycles. The zero-order valence-electron chi connectivity index (χ0n) is 11.6. The van der Waals surface area contributed by atoms with Crippen molar-refractivity contribution in [3.63, 3.8) is 0 Å². The van der Waals surface area contributed by atoms with E-state index in [1.54, 1.807) is 0 Å². The lowest BCUT2D eigenvalue weighted by atomic mass is 10.2. The molecule has 2 rings (SSSR count). The van der Waals surface area contributed by atoms with Gasteiger partial charge in [0.25, 0.3) is 0 Å². The summed E-state index contributed by atoms with van der Waals surface area (Å²) in [5.74, 6) is 0.0235. The van der Waals surface area contributed by atoms with E-state index in [0.717, 1.165) is 26.9 Å². The van der Waals surface area contributed by atoms with Crippen LogP contribution >= 0.6 is 31.9 Å². The highest BCUT2D eigenvalue weighted by atomic mass is 79.9. The minimum absolute atomic E-state index is 0.0235. The predicted molar refractivity (Wildman–Crippen MR) is 94.5 cm³/mol. The first-order valence-electron chi connectivity index (χ1n) is 6.66. The lowest BCUT2D eigenvalue weighted by molar-refractivity contribution is -0.115. The summed E-state index contributed by atoms with van der Waals surface area (Å²) in [5, 5.41) is 6.18. The van der Waals surface area contributed by atoms with Crippen LogP contribution in [0.5, 0.6) is 0 Å². The van der Waals surface area contributed by atoms with Gasteiger partial charge in [-0.2, -0.15) is 0 Å². The van der Waals surface area contributed by atoms with Gasteiger partial charge in [-0.25, -0.2) is 0 Å². The number of halogens is 2. The Morgan fingerprint density at radius 1 is 1.00 bits per heavy atom. The molecule has 0 fully saturated rings. The van der Waals surface area contributed by atoms with Crippen molar-refractivity contribution in [2.24, 2.45) is 0 Å². The van der Waals surface area contributed by atoms with Crippen molar-refractivity contribution in [1.29, 1.82) is 0 Å². The number of nitrogens with one attached hydrogen (secondary N) is 2. The third kappa shape index (κ3) is 4.86. The Morgan fingerprint density at radius 2 is 1.67 bits per heavy atom. The number of benzene rings is 2. The smallest absolute Gasteiger partial charge is 0.224 e. The van der Waals surface area contributed by atoms with Crippen molar-refractivity contribution in [2.45, 2.75) is 19.9 Å². The Kier molecular flexibility index (Phi) is 5.82. The van der Waals surface area contributed by atoms with E-state index in [1.807, 2.05) is 37.3 Å². The number of amides is 1. The van der Waals surface area contributed by atoms with Gasteiger partial charge in [-0.3, -0.25) is 4.79 Å². The van der Waals surface area contributed by atoms with Crippen molar-refractivity contribution < 1.29 is 4.79 Å². The number of carbonyl (C=O) groups excluding carboxylic acids is 1. The molecule has 21 heavy (non-hydrogen) atoms. The van der Waals surface area contributed by atoms with Crippen LogP contribution in [0.25, 0.3) is 0 Å². The normalized spacial score (nSPS) is 10.2. The SMILES string of the molecule is CCC(=O)Nc1ccc(NCc2ccc(Br)c(Br)c2)cc1. The summed E-state index contributed by atoms with van der Waals surface area (Å²) in [6, 6.07) is 13.9. The molecule has 0 aliphatic rings. The fraction of sp³-hybridized carbons (Fsp3) is 0.188. The first kappa shape index (κ1) is 16.0. The number of rotatable bonds is 5. The molecule has 0 saturated heterocycles. The number of hydrogen-bond donors (Lipinski definition) is 2. The fourth-order valence-corrected chi connectivity index (χ4v) is 2.45. The summed E-state index contributed by atoms with van der Waals surface area (Å²) in [6.07, 6.45) is 0.485. The molecule has 2 aromatic carbocycles. The maximum Gasteiger partial charge on any atom is 0.224 e. The van der Waals surface area contributed by atoms with E-state index in [-0.39, 0.29) is 5.91 Å². The van der Waals surface area contributed by atoms with Crippen LogP contribution in [-0.4, -0.2) is 5.91 Å². The van der Waals surface area contributed by atoms with Crippen LogP contribution in [-0.2, 0) is 11.3 Å². The second-order valence-corrected chi connectivity index (χ2v) is 6.29. The van der Waals surface area contributed by atoms with Gasteiger partial charge in [0.05, 0.1) is 0 Å². The zero-order valence-corrected chi connectivity index (χ0v) is 14.8. The van der Waals surface area contributed by atoms with Crippen LogP contribution in [0.1, 0.15) is 18.9 Å². The minimum atomic E-state index is 0.0235. The minimum Gasteiger partial charge on any atom is -0.381 e. The summed E-state index contributed by atoms with van der Waals surface area (Å²) in [4.78, 5) is 11.3. The summed E-state index contributed by atoms with van der Waals surface area (Å²) in [6.45, 7) is 2.58. The van der Waals surface area contributed by atoms with Gasteiger partial charge in [-0.1, -0.05) is 13.0 Å².